The molecule has 2 amide bonds. The maximum atomic E-state index is 11.3. The van der Waals surface area contributed by atoms with Gasteiger partial charge in [0.25, 0.3) is 0 Å². The summed E-state index contributed by atoms with van der Waals surface area (Å²) in [5.74, 6) is -0.594. The van der Waals surface area contributed by atoms with Crippen molar-refractivity contribution in [2.45, 2.75) is 13.8 Å². The summed E-state index contributed by atoms with van der Waals surface area (Å²) in [5, 5.41) is 4.99. The molecule has 0 heterocycles. The average Bonchev–Trinajstić information content (AvgIpc) is 2.27. The standard InChI is InChI=1S/C12H14N2O3/c1-8(15)10-3-5-11(6-4-10)14-12(17)7-13-9(2)16/h3-6H,7H2,1-2H3,(H,13,16)(H,14,17). The number of hydrogen-bond donors (Lipinski definition) is 2. The third-order valence-corrected chi connectivity index (χ3v) is 2.07. The fourth-order valence-corrected chi connectivity index (χ4v) is 1.20. The van der Waals surface area contributed by atoms with Crippen LogP contribution in [0.3, 0.4) is 0 Å². The predicted molar refractivity (Wildman–Crippen MR) is 63.8 cm³/mol. The molecule has 0 aliphatic rings. The molecular weight excluding hydrogens is 220 g/mol. The van der Waals surface area contributed by atoms with Crippen LogP contribution in [0.1, 0.15) is 24.2 Å². The molecule has 90 valence electrons. The van der Waals surface area contributed by atoms with Crippen molar-refractivity contribution in [1.29, 1.82) is 0 Å². The highest BCUT2D eigenvalue weighted by atomic mass is 16.2. The van der Waals surface area contributed by atoms with E-state index in [1.165, 1.54) is 13.8 Å². The topological polar surface area (TPSA) is 75.3 Å². The molecule has 0 atom stereocenters. The van der Waals surface area contributed by atoms with Crippen LogP contribution in [0.2, 0.25) is 0 Å². The molecule has 0 saturated heterocycles. The van der Waals surface area contributed by atoms with E-state index >= 15 is 0 Å². The Labute approximate surface area is 99.2 Å². The van der Waals surface area contributed by atoms with E-state index in [0.29, 0.717) is 11.3 Å². The molecule has 0 aromatic heterocycles. The van der Waals surface area contributed by atoms with Crippen molar-refractivity contribution in [1.82, 2.24) is 5.32 Å². The number of Topliss-reactive ketones (excluding diaryl/α,β-unsaturated/α-hetero) is 1. The second kappa shape index (κ2) is 5.79. The van der Waals surface area contributed by atoms with Gasteiger partial charge in [0.05, 0.1) is 6.54 Å². The van der Waals surface area contributed by atoms with Crippen LogP contribution in [0.25, 0.3) is 0 Å². The highest BCUT2D eigenvalue weighted by molar-refractivity contribution is 5.96. The van der Waals surface area contributed by atoms with E-state index in [-0.39, 0.29) is 24.1 Å². The van der Waals surface area contributed by atoms with E-state index in [0.717, 1.165) is 0 Å². The minimum Gasteiger partial charge on any atom is -0.347 e. The first-order valence-electron chi connectivity index (χ1n) is 5.14. The molecule has 5 nitrogen and oxygen atoms in total. The zero-order valence-corrected chi connectivity index (χ0v) is 9.74. The smallest absolute Gasteiger partial charge is 0.243 e. The maximum Gasteiger partial charge on any atom is 0.243 e. The van der Waals surface area contributed by atoms with Gasteiger partial charge in [0.15, 0.2) is 5.78 Å². The van der Waals surface area contributed by atoms with Crippen LogP contribution in [-0.4, -0.2) is 24.1 Å². The van der Waals surface area contributed by atoms with E-state index in [9.17, 15) is 14.4 Å². The molecule has 0 aliphatic carbocycles. The van der Waals surface area contributed by atoms with E-state index < -0.39 is 0 Å². The SMILES string of the molecule is CC(=O)NCC(=O)Nc1ccc(C(C)=O)cc1. The number of carbonyl (C=O) groups excluding carboxylic acids is 3. The first-order valence-corrected chi connectivity index (χ1v) is 5.14. The molecule has 0 bridgehead atoms. The minimum atomic E-state index is -0.309. The summed E-state index contributed by atoms with van der Waals surface area (Å²) in [6.45, 7) is 2.75. The summed E-state index contributed by atoms with van der Waals surface area (Å²) in [6, 6.07) is 6.55. The fourth-order valence-electron chi connectivity index (χ4n) is 1.20. The summed E-state index contributed by atoms with van der Waals surface area (Å²) >= 11 is 0. The van der Waals surface area contributed by atoms with Crippen molar-refractivity contribution < 1.29 is 14.4 Å². The molecule has 1 aromatic rings. The molecule has 1 rings (SSSR count). The Hall–Kier alpha value is -2.17. The van der Waals surface area contributed by atoms with Gasteiger partial charge in [0, 0.05) is 18.2 Å². The summed E-state index contributed by atoms with van der Waals surface area (Å²) in [4.78, 5) is 33.0. The van der Waals surface area contributed by atoms with E-state index in [1.54, 1.807) is 24.3 Å². The summed E-state index contributed by atoms with van der Waals surface area (Å²) in [7, 11) is 0. The number of hydrogen-bond acceptors (Lipinski definition) is 3. The van der Waals surface area contributed by atoms with E-state index in [4.69, 9.17) is 0 Å². The van der Waals surface area contributed by atoms with Gasteiger partial charge in [-0.2, -0.15) is 0 Å². The van der Waals surface area contributed by atoms with Gasteiger partial charge in [-0.25, -0.2) is 0 Å². The first-order chi connectivity index (χ1) is 7.99. The molecule has 0 saturated carbocycles. The van der Waals surface area contributed by atoms with Crippen molar-refractivity contribution >= 4 is 23.3 Å². The molecule has 0 aliphatic heterocycles. The molecule has 1 aromatic carbocycles. The van der Waals surface area contributed by atoms with Crippen LogP contribution in [0.5, 0.6) is 0 Å². The van der Waals surface area contributed by atoms with Crippen LogP contribution in [0.4, 0.5) is 5.69 Å². The Kier molecular flexibility index (Phi) is 4.39. The Morgan fingerprint density at radius 2 is 1.65 bits per heavy atom. The van der Waals surface area contributed by atoms with Gasteiger partial charge >= 0.3 is 0 Å². The van der Waals surface area contributed by atoms with Crippen LogP contribution < -0.4 is 10.6 Å². The van der Waals surface area contributed by atoms with Gasteiger partial charge in [-0.3, -0.25) is 14.4 Å². The van der Waals surface area contributed by atoms with Gasteiger partial charge in [0.1, 0.15) is 0 Å². The Bertz CT molecular complexity index is 438. The normalized spacial score (nSPS) is 9.53. The Morgan fingerprint density at radius 1 is 1.06 bits per heavy atom. The summed E-state index contributed by atoms with van der Waals surface area (Å²) in [5.41, 5.74) is 1.18. The summed E-state index contributed by atoms with van der Waals surface area (Å²) in [6.07, 6.45) is 0. The lowest BCUT2D eigenvalue weighted by atomic mass is 10.1. The highest BCUT2D eigenvalue weighted by Crippen LogP contribution is 2.09. The monoisotopic (exact) mass is 234 g/mol. The molecule has 0 spiro atoms. The number of ketones is 1. The number of benzene rings is 1. The maximum absolute atomic E-state index is 11.3. The number of carbonyl (C=O) groups is 3. The number of nitrogens with one attached hydrogen (secondary N) is 2. The lowest BCUT2D eigenvalue weighted by molar-refractivity contribution is -0.122. The van der Waals surface area contributed by atoms with Crippen molar-refractivity contribution in [3.8, 4) is 0 Å². The zero-order chi connectivity index (χ0) is 12.8. The second-order valence-electron chi connectivity index (χ2n) is 3.59. The molecule has 0 fully saturated rings. The van der Waals surface area contributed by atoms with E-state index in [2.05, 4.69) is 10.6 Å². The summed E-state index contributed by atoms with van der Waals surface area (Å²) < 4.78 is 0. The van der Waals surface area contributed by atoms with Crippen LogP contribution >= 0.6 is 0 Å². The van der Waals surface area contributed by atoms with Crippen molar-refractivity contribution in [2.75, 3.05) is 11.9 Å². The van der Waals surface area contributed by atoms with E-state index in [1.807, 2.05) is 0 Å². The lowest BCUT2D eigenvalue weighted by Gasteiger charge is -2.05. The molecule has 5 heteroatoms. The molecule has 2 N–H and O–H groups in total. The minimum absolute atomic E-state index is 0.0267. The van der Waals surface area contributed by atoms with Crippen molar-refractivity contribution in [2.24, 2.45) is 0 Å². The van der Waals surface area contributed by atoms with Crippen LogP contribution in [0, 0.1) is 0 Å². The highest BCUT2D eigenvalue weighted by Gasteiger charge is 2.03. The fraction of sp³-hybridized carbons (Fsp3) is 0.250. The van der Waals surface area contributed by atoms with Crippen LogP contribution in [0.15, 0.2) is 24.3 Å². The van der Waals surface area contributed by atoms with Gasteiger partial charge in [-0.1, -0.05) is 0 Å². The third-order valence-electron chi connectivity index (χ3n) is 2.07. The van der Waals surface area contributed by atoms with Gasteiger partial charge in [-0.15, -0.1) is 0 Å². The third kappa shape index (κ3) is 4.46. The Balaban J connectivity index is 2.54. The second-order valence-corrected chi connectivity index (χ2v) is 3.59. The quantitative estimate of drug-likeness (QED) is 0.762. The lowest BCUT2D eigenvalue weighted by Crippen LogP contribution is -2.31. The first kappa shape index (κ1) is 12.9. The number of amides is 2. The number of anilines is 1. The molecule has 0 radical (unpaired) electrons. The van der Waals surface area contributed by atoms with Gasteiger partial charge in [0.2, 0.25) is 11.8 Å². The zero-order valence-electron chi connectivity index (χ0n) is 9.74. The number of rotatable bonds is 4. The predicted octanol–water partition coefficient (Wildman–Crippen LogP) is 0.964. The molecular formula is C12H14N2O3. The largest absolute Gasteiger partial charge is 0.347 e. The average molecular weight is 234 g/mol. The molecule has 0 unspecified atom stereocenters. The van der Waals surface area contributed by atoms with Crippen LogP contribution in [-0.2, 0) is 9.59 Å². The van der Waals surface area contributed by atoms with Crippen molar-refractivity contribution in [3.05, 3.63) is 29.8 Å². The van der Waals surface area contributed by atoms with Crippen molar-refractivity contribution in [3.63, 3.8) is 0 Å². The van der Waals surface area contributed by atoms with Gasteiger partial charge < -0.3 is 10.6 Å². The van der Waals surface area contributed by atoms with Gasteiger partial charge in [-0.05, 0) is 31.2 Å². The molecule has 17 heavy (non-hydrogen) atoms. The Morgan fingerprint density at radius 3 is 2.12 bits per heavy atom.